The fourth-order valence-electron chi connectivity index (χ4n) is 1.64. The van der Waals surface area contributed by atoms with Crippen molar-refractivity contribution in [3.8, 4) is 0 Å². The Hall–Kier alpha value is 0.0969. The van der Waals surface area contributed by atoms with Gasteiger partial charge in [-0.2, -0.15) is 0 Å². The van der Waals surface area contributed by atoms with Crippen LogP contribution in [-0.2, 0) is 13.9 Å². The van der Waals surface area contributed by atoms with Crippen molar-refractivity contribution in [2.45, 2.75) is 58.0 Å². The molecule has 16 heavy (non-hydrogen) atoms. The minimum absolute atomic E-state index is 0.0617. The fourth-order valence-corrected chi connectivity index (χ4v) is 2.40. The lowest BCUT2D eigenvalue weighted by Crippen LogP contribution is -2.26. The number of hydrogen-bond donors (Lipinski definition) is 0. The van der Waals surface area contributed by atoms with Crippen LogP contribution in [0.5, 0.6) is 0 Å². The first-order chi connectivity index (χ1) is 7.58. The topological polar surface area (TPSA) is 27.7 Å². The molecule has 0 spiro atoms. The molecule has 1 fully saturated rings. The minimum Gasteiger partial charge on any atom is -0.418 e. The van der Waals surface area contributed by atoms with Crippen LogP contribution >= 0.6 is 0 Å². The Bertz CT molecular complexity index is 174. The second-order valence-electron chi connectivity index (χ2n) is 5.33. The summed E-state index contributed by atoms with van der Waals surface area (Å²) in [6.45, 7) is 9.21. The largest absolute Gasteiger partial charge is 0.418 e. The zero-order chi connectivity index (χ0) is 11.9. The van der Waals surface area contributed by atoms with Gasteiger partial charge in [0.25, 0.3) is 0 Å². The standard InChI is InChI=1S/C12H26O3Si/c1-16(2,3)15-11-7-6-10-14-12-8-4-5-9-13-12/h12H,4-11H2,1-3H3. The average molecular weight is 246 g/mol. The molecule has 4 heteroatoms. The molecule has 1 aliphatic rings. The summed E-state index contributed by atoms with van der Waals surface area (Å²) in [5.41, 5.74) is 0. The predicted molar refractivity (Wildman–Crippen MR) is 68.1 cm³/mol. The SMILES string of the molecule is C[Si](C)(C)OCCCCOC1CCCCO1. The number of ether oxygens (including phenoxy) is 2. The van der Waals surface area contributed by atoms with Crippen molar-refractivity contribution in [1.29, 1.82) is 0 Å². The van der Waals surface area contributed by atoms with Crippen LogP contribution in [0.1, 0.15) is 32.1 Å². The van der Waals surface area contributed by atoms with Gasteiger partial charge in [-0.25, -0.2) is 0 Å². The van der Waals surface area contributed by atoms with Crippen LogP contribution in [0.15, 0.2) is 0 Å². The zero-order valence-corrected chi connectivity index (χ0v) is 12.0. The third-order valence-corrected chi connectivity index (χ3v) is 3.59. The van der Waals surface area contributed by atoms with Crippen LogP contribution in [0.2, 0.25) is 19.6 Å². The van der Waals surface area contributed by atoms with E-state index in [9.17, 15) is 0 Å². The lowest BCUT2D eigenvalue weighted by Gasteiger charge is -2.22. The van der Waals surface area contributed by atoms with E-state index in [4.69, 9.17) is 13.9 Å². The molecule has 1 rings (SSSR count). The summed E-state index contributed by atoms with van der Waals surface area (Å²) in [6.07, 6.45) is 5.71. The zero-order valence-electron chi connectivity index (χ0n) is 11.0. The summed E-state index contributed by atoms with van der Waals surface area (Å²) in [5, 5.41) is 0. The molecule has 1 aliphatic heterocycles. The van der Waals surface area contributed by atoms with E-state index in [1.165, 1.54) is 12.8 Å². The highest BCUT2D eigenvalue weighted by molar-refractivity contribution is 6.69. The molecule has 1 saturated heterocycles. The molecule has 0 N–H and O–H groups in total. The van der Waals surface area contributed by atoms with Crippen molar-refractivity contribution in [1.82, 2.24) is 0 Å². The molecule has 0 bridgehead atoms. The summed E-state index contributed by atoms with van der Waals surface area (Å²) >= 11 is 0. The van der Waals surface area contributed by atoms with Crippen molar-refractivity contribution in [3.63, 3.8) is 0 Å². The van der Waals surface area contributed by atoms with Crippen molar-refractivity contribution in [2.24, 2.45) is 0 Å². The maximum Gasteiger partial charge on any atom is 0.183 e. The van der Waals surface area contributed by atoms with Crippen molar-refractivity contribution < 1.29 is 13.9 Å². The molecular formula is C12H26O3Si. The van der Waals surface area contributed by atoms with Crippen LogP contribution < -0.4 is 0 Å². The van der Waals surface area contributed by atoms with Gasteiger partial charge >= 0.3 is 0 Å². The molecule has 1 unspecified atom stereocenters. The van der Waals surface area contributed by atoms with Crippen LogP contribution in [0.4, 0.5) is 0 Å². The van der Waals surface area contributed by atoms with Crippen LogP contribution in [-0.4, -0.2) is 34.4 Å². The van der Waals surface area contributed by atoms with Gasteiger partial charge in [0.15, 0.2) is 14.6 Å². The molecule has 0 amide bonds. The second-order valence-corrected chi connectivity index (χ2v) is 9.85. The van der Waals surface area contributed by atoms with E-state index in [2.05, 4.69) is 19.6 Å². The Morgan fingerprint density at radius 2 is 1.88 bits per heavy atom. The van der Waals surface area contributed by atoms with Gasteiger partial charge in [-0.05, 0) is 51.7 Å². The molecule has 0 radical (unpaired) electrons. The van der Waals surface area contributed by atoms with E-state index in [0.29, 0.717) is 0 Å². The minimum atomic E-state index is -1.32. The first-order valence-electron chi connectivity index (χ1n) is 6.45. The van der Waals surface area contributed by atoms with E-state index < -0.39 is 8.32 Å². The summed E-state index contributed by atoms with van der Waals surface area (Å²) in [6, 6.07) is 0. The van der Waals surface area contributed by atoms with Gasteiger partial charge in [0.2, 0.25) is 0 Å². The van der Waals surface area contributed by atoms with Crippen LogP contribution in [0, 0.1) is 0 Å². The first kappa shape index (κ1) is 14.2. The first-order valence-corrected chi connectivity index (χ1v) is 9.86. The normalized spacial score (nSPS) is 22.3. The molecule has 96 valence electrons. The predicted octanol–water partition coefficient (Wildman–Crippen LogP) is 3.16. The number of hydrogen-bond acceptors (Lipinski definition) is 3. The molecule has 1 heterocycles. The van der Waals surface area contributed by atoms with Crippen LogP contribution in [0.25, 0.3) is 0 Å². The van der Waals surface area contributed by atoms with Gasteiger partial charge in [0.1, 0.15) is 0 Å². The van der Waals surface area contributed by atoms with Gasteiger partial charge in [-0.15, -0.1) is 0 Å². The highest BCUT2D eigenvalue weighted by Crippen LogP contribution is 2.14. The van der Waals surface area contributed by atoms with E-state index in [1.807, 2.05) is 0 Å². The lowest BCUT2D eigenvalue weighted by atomic mass is 10.2. The molecule has 0 saturated carbocycles. The molecule has 1 atom stereocenters. The van der Waals surface area contributed by atoms with Gasteiger partial charge < -0.3 is 13.9 Å². The summed E-state index contributed by atoms with van der Waals surface area (Å²) in [7, 11) is -1.32. The molecule has 0 aliphatic carbocycles. The maximum absolute atomic E-state index is 5.77. The van der Waals surface area contributed by atoms with E-state index >= 15 is 0 Å². The Kier molecular flexibility index (Phi) is 6.57. The van der Waals surface area contributed by atoms with Crippen LogP contribution in [0.3, 0.4) is 0 Å². The van der Waals surface area contributed by atoms with Crippen molar-refractivity contribution in [3.05, 3.63) is 0 Å². The molecule has 0 aromatic carbocycles. The Morgan fingerprint density at radius 1 is 1.12 bits per heavy atom. The van der Waals surface area contributed by atoms with Gasteiger partial charge in [0.05, 0.1) is 0 Å². The van der Waals surface area contributed by atoms with E-state index in [0.717, 1.165) is 39.1 Å². The Labute approximate surface area is 101 Å². The summed E-state index contributed by atoms with van der Waals surface area (Å²) < 4.78 is 16.9. The van der Waals surface area contributed by atoms with Gasteiger partial charge in [-0.1, -0.05) is 0 Å². The highest BCUT2D eigenvalue weighted by atomic mass is 28.4. The average Bonchev–Trinajstić information content (AvgIpc) is 2.23. The fraction of sp³-hybridized carbons (Fsp3) is 1.00. The third kappa shape index (κ3) is 7.38. The lowest BCUT2D eigenvalue weighted by molar-refractivity contribution is -0.162. The number of unbranched alkanes of at least 4 members (excludes halogenated alkanes) is 1. The van der Waals surface area contributed by atoms with Crippen molar-refractivity contribution in [2.75, 3.05) is 19.8 Å². The molecular weight excluding hydrogens is 220 g/mol. The Balaban J connectivity index is 1.87. The molecule has 0 aromatic rings. The number of rotatable bonds is 7. The monoisotopic (exact) mass is 246 g/mol. The van der Waals surface area contributed by atoms with E-state index in [-0.39, 0.29) is 6.29 Å². The van der Waals surface area contributed by atoms with E-state index in [1.54, 1.807) is 0 Å². The third-order valence-electron chi connectivity index (χ3n) is 2.52. The molecule has 3 nitrogen and oxygen atoms in total. The summed E-state index contributed by atoms with van der Waals surface area (Å²) in [5.74, 6) is 0. The highest BCUT2D eigenvalue weighted by Gasteiger charge is 2.14. The molecule has 0 aromatic heterocycles. The summed E-state index contributed by atoms with van der Waals surface area (Å²) in [4.78, 5) is 0. The smallest absolute Gasteiger partial charge is 0.183 e. The van der Waals surface area contributed by atoms with Gasteiger partial charge in [0, 0.05) is 19.8 Å². The van der Waals surface area contributed by atoms with Gasteiger partial charge in [-0.3, -0.25) is 0 Å². The quantitative estimate of drug-likeness (QED) is 0.510. The Morgan fingerprint density at radius 3 is 2.50 bits per heavy atom. The van der Waals surface area contributed by atoms with Crippen molar-refractivity contribution >= 4 is 8.32 Å². The maximum atomic E-state index is 5.77. The second kappa shape index (κ2) is 7.43.